The fourth-order valence-corrected chi connectivity index (χ4v) is 21.0. The molecule has 5 aliphatic heterocycles. The van der Waals surface area contributed by atoms with E-state index in [4.69, 9.17) is 47.8 Å². The number of nitrogens with two attached hydrogens (primary N) is 5. The highest BCUT2D eigenvalue weighted by Crippen LogP contribution is 2.48. The van der Waals surface area contributed by atoms with Crippen LogP contribution in [0.4, 0.5) is 29.1 Å². The zero-order chi connectivity index (χ0) is 106. The minimum absolute atomic E-state index is 0.00904. The molecule has 5 aliphatic rings. The third-order valence-electron chi connectivity index (χ3n) is 27.3. The average molecular weight is 2020 g/mol. The van der Waals surface area contributed by atoms with E-state index in [1.54, 1.807) is 67.3 Å². The van der Waals surface area contributed by atoms with Crippen LogP contribution in [0.2, 0.25) is 0 Å². The second kappa shape index (κ2) is 49.1. The monoisotopic (exact) mass is 2020 g/mol. The van der Waals surface area contributed by atoms with E-state index >= 15 is 0 Å². The van der Waals surface area contributed by atoms with Crippen LogP contribution < -0.4 is 28.7 Å². The molecule has 0 aliphatic carbocycles. The van der Waals surface area contributed by atoms with Crippen LogP contribution in [0.1, 0.15) is 185 Å². The quantitative estimate of drug-likeness (QED) is 0.00987. The molecule has 35 nitrogen and oxygen atoms in total. The van der Waals surface area contributed by atoms with Gasteiger partial charge in [-0.1, -0.05) is 230 Å². The molecule has 0 saturated carbocycles. The predicted molar refractivity (Wildman–Crippen MR) is 556 cm³/mol. The van der Waals surface area contributed by atoms with E-state index in [1.165, 1.54) is 57.9 Å². The van der Waals surface area contributed by atoms with Crippen molar-refractivity contribution in [3.63, 3.8) is 0 Å². The van der Waals surface area contributed by atoms with Gasteiger partial charge in [0.25, 0.3) is 0 Å². The molecule has 0 bridgehead atoms. The van der Waals surface area contributed by atoms with E-state index in [9.17, 15) is 56.4 Å². The van der Waals surface area contributed by atoms with E-state index in [2.05, 4.69) is 45.5 Å². The van der Waals surface area contributed by atoms with Gasteiger partial charge in [-0.3, -0.25) is 72.4 Å². The van der Waals surface area contributed by atoms with E-state index < -0.39 is 68.9 Å². The van der Waals surface area contributed by atoms with Crippen LogP contribution in [0, 0.1) is 43.4 Å². The normalized spacial score (nSPS) is 19.5. The second-order valence-electron chi connectivity index (χ2n) is 37.7. The van der Waals surface area contributed by atoms with E-state index in [0.29, 0.717) is 71.7 Å². The molecule has 12 heterocycles. The summed E-state index contributed by atoms with van der Waals surface area (Å²) in [4.78, 5) is 160. The van der Waals surface area contributed by atoms with Crippen molar-refractivity contribution in [2.24, 2.45) is 39.9 Å². The number of oxime groups is 2. The third kappa shape index (κ3) is 25.9. The largest absolute Gasteiger partial charge is 0.411 e. The van der Waals surface area contributed by atoms with Gasteiger partial charge in [0.15, 0.2) is 15.2 Å². The molecular formula is C112H119N19O16S. The number of imide groups is 5. The van der Waals surface area contributed by atoms with Crippen molar-refractivity contribution in [1.29, 1.82) is 0 Å². The second-order valence-corrected chi connectivity index (χ2v) is 39.8. The Kier molecular flexibility index (Phi) is 35.5. The van der Waals surface area contributed by atoms with Crippen LogP contribution in [-0.4, -0.2) is 176 Å². The Labute approximate surface area is 857 Å². The number of aromatic nitrogens is 7. The standard InChI is InChI=1S/C28H26N4O3.C23H24N4O3.C21H24N4O3.C20H22N4O3.C20H23N3O4S/c1-18-24(17-35-31-18)27-23(14-19-12-13-30-25(29)15-19)28(34)32(27)26(33)16-22(20-8-4-2-5-9-20)21-10-6-3-7-11-21;1-14(17-6-4-3-5-7-17)10-21(28)27-22(19-13-30-26-15(19)2)18(23(27)29)11-16-8-9-25-20(24)12-16;1-14(16-6-4-3-5-7-16)10-20(26)25-18(13-24-28-2)17(21(25)27)11-15-8-9-23-19(22)12-15;1-13(15-5-3-2-4-6-15)9-19(25)24-17(12-23-27)16(20(24)26)10-14-7-8-22-18(21)11-14;1-13(15-6-4-3-5-7-15)10-18(24)23-19(25)16(20(23)28(2,26)27)11-14-8-9-22-17(21)12-14/h2-13,15,17,22-23,27H,14,16H2,1H3,(H2,29,30);3-9,12-14,18,22H,10-11H2,1-2H3,(H2,24,25);3-9,12-14,17-18H,10-11H2,1-2H3,(H2,22,23);2-8,11-13,16-17,27H,9-10H2,1H3,(H2,21,22);3-9,12-13,16,20H,10-11H2,1-2H3,(H2,21,22)/b;;;23-12+;/t23-,27+;14-,18+,22-;14-,17+,18+;13-,16+,17+;13-,16-,20+/m10000/s1. The molecule has 0 unspecified atom stereocenters. The lowest BCUT2D eigenvalue weighted by molar-refractivity contribution is -0.168. The van der Waals surface area contributed by atoms with Gasteiger partial charge in [-0.15, -0.1) is 0 Å². The van der Waals surface area contributed by atoms with Crippen molar-refractivity contribution in [2.75, 3.05) is 42.0 Å². The van der Waals surface area contributed by atoms with Gasteiger partial charge < -0.3 is 47.8 Å². The summed E-state index contributed by atoms with van der Waals surface area (Å²) in [5.74, 6) is -3.50. The number of likely N-dealkylation sites (tertiary alicyclic amines) is 5. The number of hydrogen-bond acceptors (Lipinski definition) is 30. The van der Waals surface area contributed by atoms with Gasteiger partial charge in [0, 0.05) is 86.4 Å². The first-order valence-electron chi connectivity index (χ1n) is 48.5. The summed E-state index contributed by atoms with van der Waals surface area (Å²) >= 11 is 0. The molecule has 18 rings (SSSR count). The van der Waals surface area contributed by atoms with Gasteiger partial charge in [0.1, 0.15) is 48.7 Å². The van der Waals surface area contributed by atoms with Crippen molar-refractivity contribution >= 4 is 110 Å². The number of nitrogen functional groups attached to an aromatic ring is 5. The number of nitrogens with zero attached hydrogens (tertiary/aromatic N) is 14. The Bertz CT molecular complexity index is 6990. The summed E-state index contributed by atoms with van der Waals surface area (Å²) < 4.78 is 34.9. The summed E-state index contributed by atoms with van der Waals surface area (Å²) in [7, 11) is -2.21. The Morgan fingerprint density at radius 3 is 0.905 bits per heavy atom. The fraction of sp³-hybridized carbons (Fsp3) is 0.295. The topological polar surface area (TPSA) is 522 Å². The number of pyridine rings is 5. The van der Waals surface area contributed by atoms with Crippen molar-refractivity contribution in [1.82, 2.24) is 59.7 Å². The maximum atomic E-state index is 13.7. The highest BCUT2D eigenvalue weighted by Gasteiger charge is 2.58. The van der Waals surface area contributed by atoms with Crippen molar-refractivity contribution in [2.45, 2.75) is 165 Å². The van der Waals surface area contributed by atoms with Gasteiger partial charge in [-0.2, -0.15) is 0 Å². The summed E-state index contributed by atoms with van der Waals surface area (Å²) in [5.41, 5.74) is 42.0. The highest BCUT2D eigenvalue weighted by atomic mass is 32.2. The maximum Gasteiger partial charge on any atom is 0.236 e. The number of amides is 10. The number of anilines is 5. The molecule has 148 heavy (non-hydrogen) atoms. The Morgan fingerprint density at radius 2 is 0.628 bits per heavy atom. The van der Waals surface area contributed by atoms with Crippen molar-refractivity contribution in [3.8, 4) is 0 Å². The zero-order valence-electron chi connectivity index (χ0n) is 83.1. The number of carbonyl (C=O) groups excluding carboxylic acids is 10. The van der Waals surface area contributed by atoms with E-state index in [0.717, 1.165) is 77.9 Å². The summed E-state index contributed by atoms with van der Waals surface area (Å²) in [6.45, 7) is 11.4. The number of aryl methyl sites for hydroxylation is 2. The molecule has 11 N–H and O–H groups in total. The minimum Gasteiger partial charge on any atom is -0.411 e. The first-order valence-corrected chi connectivity index (χ1v) is 50.5. The smallest absolute Gasteiger partial charge is 0.236 e. The lowest BCUT2D eigenvalue weighted by atomic mass is 9.77. The molecule has 13 aromatic rings. The molecule has 6 aromatic carbocycles. The maximum absolute atomic E-state index is 13.7. The SMILES string of the molecule is CON=C[C@@H]1[C@@H](Cc2ccnc(N)c2)C(=O)N1C(=O)C[C@H](C)c1ccccc1.C[C@@H](CC(=O)N1C(=O)[C@H](Cc2ccnc(N)c2)[C@H]1/C=N/O)c1ccccc1.C[C@@H](CC(=O)N1C(=O)[C@H](Cc2ccnc(N)c2)[C@H]1S(C)(=O)=O)c1ccccc1.Cc1nocc1[C@@H]1[C@@H](Cc2ccnc(N)c2)C(=O)N1C(=O)CC(c1ccccc1)c1ccccc1.Cc1nocc1[C@@H]1[C@@H](Cc2ccnc(N)c2)C(=O)N1C(=O)C[C@H](C)c1ccccc1. The Balaban J connectivity index is 0.000000146. The van der Waals surface area contributed by atoms with Crippen LogP contribution in [0.25, 0.3) is 0 Å². The van der Waals surface area contributed by atoms with Gasteiger partial charge >= 0.3 is 0 Å². The molecule has 14 atom stereocenters. The van der Waals surface area contributed by atoms with Crippen LogP contribution in [-0.2, 0) is 94.7 Å². The molecule has 5 fully saturated rings. The van der Waals surface area contributed by atoms with E-state index in [-0.39, 0.29) is 127 Å². The number of hydrogen-bond donors (Lipinski definition) is 6. The number of benzene rings is 6. The molecule has 5 saturated heterocycles. The predicted octanol–water partition coefficient (Wildman–Crippen LogP) is 14.2. The summed E-state index contributed by atoms with van der Waals surface area (Å²) in [6, 6.07) is 74.2. The Hall–Kier alpha value is -16.9. The zero-order valence-corrected chi connectivity index (χ0v) is 84.0. The molecule has 10 amide bonds. The lowest BCUT2D eigenvalue weighted by Gasteiger charge is -2.46. The van der Waals surface area contributed by atoms with E-state index in [1.807, 2.05) is 242 Å². The molecule has 0 spiro atoms. The first-order chi connectivity index (χ1) is 71.2. The molecule has 0 radical (unpaired) electrons. The average Bonchev–Trinajstić information content (AvgIpc) is 1.61. The minimum atomic E-state index is -3.64. The van der Waals surface area contributed by atoms with Crippen LogP contribution in [0.3, 0.4) is 0 Å². The summed E-state index contributed by atoms with van der Waals surface area (Å²) in [5, 5.41) is 22.6. The van der Waals surface area contributed by atoms with Crippen LogP contribution >= 0.6 is 0 Å². The number of rotatable bonds is 32. The van der Waals surface area contributed by atoms with Gasteiger partial charge in [-0.05, 0) is 191 Å². The molecular weight excluding hydrogens is 1900 g/mol. The van der Waals surface area contributed by atoms with Gasteiger partial charge in [0.2, 0.25) is 59.1 Å². The summed E-state index contributed by atoms with van der Waals surface area (Å²) in [6.07, 6.45) is 17.8. The molecule has 7 aromatic heterocycles. The number of sulfone groups is 1. The van der Waals surface area contributed by atoms with Crippen molar-refractivity contribution in [3.05, 3.63) is 370 Å². The van der Waals surface area contributed by atoms with Crippen LogP contribution in [0.5, 0.6) is 0 Å². The first kappa shape index (κ1) is 107. The number of carbonyl (C=O) groups is 10. The highest BCUT2D eigenvalue weighted by molar-refractivity contribution is 7.91. The van der Waals surface area contributed by atoms with Crippen molar-refractivity contribution < 1.29 is 75.5 Å². The molecule has 36 heteroatoms. The fourth-order valence-electron chi connectivity index (χ4n) is 19.6. The third-order valence-corrected chi connectivity index (χ3v) is 28.7. The molecule has 764 valence electrons. The number of β-lactam (4-membered cyclic amide) rings is 5. The van der Waals surface area contributed by atoms with Gasteiger partial charge in [0.05, 0.1) is 77.6 Å². The Morgan fingerprint density at radius 1 is 0.372 bits per heavy atom. The lowest BCUT2D eigenvalue weighted by Crippen LogP contribution is -2.66. The van der Waals surface area contributed by atoms with Gasteiger partial charge in [-0.25, -0.2) is 33.3 Å². The van der Waals surface area contributed by atoms with Crippen LogP contribution in [0.15, 0.2) is 306 Å².